The van der Waals surface area contributed by atoms with Crippen LogP contribution in [0.2, 0.25) is 0 Å². The molecule has 2 heterocycles. The molecule has 1 N–H and O–H groups in total. The van der Waals surface area contributed by atoms with Crippen molar-refractivity contribution in [3.05, 3.63) is 14.7 Å². The molecule has 2 rings (SSSR count). The molecule has 1 aliphatic rings. The fourth-order valence-electron chi connectivity index (χ4n) is 2.03. The molecule has 1 aliphatic heterocycles. The van der Waals surface area contributed by atoms with Crippen molar-refractivity contribution in [2.75, 3.05) is 26.9 Å². The zero-order chi connectivity index (χ0) is 14.7. The van der Waals surface area contributed by atoms with Gasteiger partial charge in [-0.2, -0.15) is 0 Å². The van der Waals surface area contributed by atoms with E-state index in [9.17, 15) is 9.59 Å². The summed E-state index contributed by atoms with van der Waals surface area (Å²) >= 11 is 4.60. The number of hydrogen-bond donors (Lipinski definition) is 1. The van der Waals surface area contributed by atoms with Crippen LogP contribution in [0, 0.1) is 0 Å². The molecule has 110 valence electrons. The number of aliphatic carboxylic acids is 1. The van der Waals surface area contributed by atoms with Gasteiger partial charge in [-0.1, -0.05) is 0 Å². The maximum Gasteiger partial charge on any atom is 0.305 e. The number of methoxy groups -OCH3 is 1. The SMILES string of the molecule is COc1cc(C(=O)N2CCOCC2CC(=O)O)sc1Br. The molecule has 0 saturated carbocycles. The highest BCUT2D eigenvalue weighted by molar-refractivity contribution is 9.11. The number of carboxylic acids is 1. The van der Waals surface area contributed by atoms with Crippen molar-refractivity contribution in [3.63, 3.8) is 0 Å². The first-order valence-corrected chi connectivity index (χ1v) is 7.57. The van der Waals surface area contributed by atoms with Crippen molar-refractivity contribution in [2.24, 2.45) is 0 Å². The Hall–Kier alpha value is -1.12. The van der Waals surface area contributed by atoms with Crippen LogP contribution < -0.4 is 4.74 Å². The minimum atomic E-state index is -0.941. The third-order valence-corrected chi connectivity index (χ3v) is 4.75. The van der Waals surface area contributed by atoms with E-state index >= 15 is 0 Å². The molecule has 0 spiro atoms. The number of hydrogen-bond acceptors (Lipinski definition) is 5. The van der Waals surface area contributed by atoms with E-state index in [0.29, 0.717) is 23.8 Å². The fourth-order valence-corrected chi connectivity index (χ4v) is 3.64. The normalized spacial score (nSPS) is 18.9. The van der Waals surface area contributed by atoms with Gasteiger partial charge in [0.05, 0.1) is 37.7 Å². The van der Waals surface area contributed by atoms with Gasteiger partial charge in [0, 0.05) is 12.6 Å². The summed E-state index contributed by atoms with van der Waals surface area (Å²) in [6.07, 6.45) is -0.116. The van der Waals surface area contributed by atoms with Crippen molar-refractivity contribution >= 4 is 39.1 Å². The van der Waals surface area contributed by atoms with Crippen molar-refractivity contribution in [2.45, 2.75) is 12.5 Å². The lowest BCUT2D eigenvalue weighted by Gasteiger charge is -2.34. The van der Waals surface area contributed by atoms with E-state index in [1.807, 2.05) is 0 Å². The summed E-state index contributed by atoms with van der Waals surface area (Å²) in [5, 5.41) is 8.90. The van der Waals surface area contributed by atoms with Gasteiger partial charge in [-0.25, -0.2) is 0 Å². The molecule has 1 unspecified atom stereocenters. The number of carbonyl (C=O) groups is 2. The molecule has 1 saturated heterocycles. The smallest absolute Gasteiger partial charge is 0.305 e. The van der Waals surface area contributed by atoms with Crippen LogP contribution >= 0.6 is 27.3 Å². The highest BCUT2D eigenvalue weighted by atomic mass is 79.9. The third kappa shape index (κ3) is 3.31. The Morgan fingerprint density at radius 1 is 1.65 bits per heavy atom. The van der Waals surface area contributed by atoms with E-state index in [2.05, 4.69) is 15.9 Å². The Morgan fingerprint density at radius 2 is 2.40 bits per heavy atom. The van der Waals surface area contributed by atoms with Crippen LogP contribution in [0.15, 0.2) is 9.85 Å². The largest absolute Gasteiger partial charge is 0.495 e. The van der Waals surface area contributed by atoms with Gasteiger partial charge in [-0.15, -0.1) is 11.3 Å². The van der Waals surface area contributed by atoms with Crippen molar-refractivity contribution in [3.8, 4) is 5.75 Å². The molecule has 1 aromatic rings. The average molecular weight is 364 g/mol. The lowest BCUT2D eigenvalue weighted by Crippen LogP contribution is -2.49. The van der Waals surface area contributed by atoms with E-state index in [-0.39, 0.29) is 18.9 Å². The molecule has 6 nitrogen and oxygen atoms in total. The molecule has 1 amide bonds. The summed E-state index contributed by atoms with van der Waals surface area (Å²) in [6, 6.07) is 1.23. The van der Waals surface area contributed by atoms with Gasteiger partial charge in [0.25, 0.3) is 5.91 Å². The fraction of sp³-hybridized carbons (Fsp3) is 0.500. The van der Waals surface area contributed by atoms with Crippen LogP contribution in [0.1, 0.15) is 16.1 Å². The van der Waals surface area contributed by atoms with Crippen LogP contribution in [0.5, 0.6) is 5.75 Å². The van der Waals surface area contributed by atoms with E-state index in [1.165, 1.54) is 18.4 Å². The van der Waals surface area contributed by atoms with Crippen LogP contribution in [0.25, 0.3) is 0 Å². The van der Waals surface area contributed by atoms with Crippen LogP contribution in [-0.2, 0) is 9.53 Å². The maximum absolute atomic E-state index is 12.5. The predicted octanol–water partition coefficient (Wildman–Crippen LogP) is 1.83. The van der Waals surface area contributed by atoms with Crippen LogP contribution in [-0.4, -0.2) is 54.8 Å². The zero-order valence-electron chi connectivity index (χ0n) is 10.8. The Balaban J connectivity index is 2.18. The topological polar surface area (TPSA) is 76.1 Å². The lowest BCUT2D eigenvalue weighted by atomic mass is 10.1. The Morgan fingerprint density at radius 3 is 3.00 bits per heavy atom. The molecule has 20 heavy (non-hydrogen) atoms. The van der Waals surface area contributed by atoms with E-state index < -0.39 is 12.0 Å². The molecular weight excluding hydrogens is 350 g/mol. The zero-order valence-corrected chi connectivity index (χ0v) is 13.2. The van der Waals surface area contributed by atoms with Gasteiger partial charge in [0.2, 0.25) is 0 Å². The maximum atomic E-state index is 12.5. The summed E-state index contributed by atoms with van der Waals surface area (Å²) in [4.78, 5) is 25.4. The lowest BCUT2D eigenvalue weighted by molar-refractivity contribution is -0.139. The quantitative estimate of drug-likeness (QED) is 0.882. The van der Waals surface area contributed by atoms with E-state index in [4.69, 9.17) is 14.6 Å². The van der Waals surface area contributed by atoms with Gasteiger partial charge < -0.3 is 19.5 Å². The monoisotopic (exact) mass is 363 g/mol. The summed E-state index contributed by atoms with van der Waals surface area (Å²) < 4.78 is 11.1. The molecule has 0 bridgehead atoms. The Bertz CT molecular complexity index is 518. The van der Waals surface area contributed by atoms with Gasteiger partial charge in [-0.05, 0) is 15.9 Å². The molecular formula is C12H14BrNO5S. The van der Waals surface area contributed by atoms with Crippen molar-refractivity contribution in [1.82, 2.24) is 4.90 Å². The molecule has 8 heteroatoms. The first-order chi connectivity index (χ1) is 9.52. The molecule has 1 atom stereocenters. The minimum absolute atomic E-state index is 0.116. The highest BCUT2D eigenvalue weighted by Crippen LogP contribution is 2.35. The third-order valence-electron chi connectivity index (χ3n) is 2.98. The number of rotatable bonds is 4. The molecule has 1 aromatic heterocycles. The predicted molar refractivity (Wildman–Crippen MR) is 76.5 cm³/mol. The number of ether oxygens (including phenoxy) is 2. The molecule has 0 aliphatic carbocycles. The van der Waals surface area contributed by atoms with Crippen molar-refractivity contribution < 1.29 is 24.2 Å². The second kappa shape index (κ2) is 6.55. The first-order valence-electron chi connectivity index (χ1n) is 5.96. The first kappa shape index (κ1) is 15.3. The summed E-state index contributed by atoms with van der Waals surface area (Å²) in [5.41, 5.74) is 0. The van der Waals surface area contributed by atoms with Gasteiger partial charge in [-0.3, -0.25) is 9.59 Å². The average Bonchev–Trinajstić information content (AvgIpc) is 2.79. The number of carbonyl (C=O) groups excluding carboxylic acids is 1. The van der Waals surface area contributed by atoms with Crippen LogP contribution in [0.3, 0.4) is 0 Å². The van der Waals surface area contributed by atoms with E-state index in [1.54, 1.807) is 11.0 Å². The second-order valence-corrected chi connectivity index (χ2v) is 6.65. The molecule has 0 radical (unpaired) electrons. The van der Waals surface area contributed by atoms with Crippen LogP contribution in [0.4, 0.5) is 0 Å². The van der Waals surface area contributed by atoms with Gasteiger partial charge in [0.1, 0.15) is 9.54 Å². The number of carboxylic acid groups (broad SMARTS) is 1. The number of halogens is 1. The number of thiophene rings is 1. The van der Waals surface area contributed by atoms with Gasteiger partial charge >= 0.3 is 5.97 Å². The minimum Gasteiger partial charge on any atom is -0.495 e. The summed E-state index contributed by atoms with van der Waals surface area (Å²) in [6.45, 7) is 1.07. The van der Waals surface area contributed by atoms with E-state index in [0.717, 1.165) is 3.79 Å². The summed E-state index contributed by atoms with van der Waals surface area (Å²) in [5.74, 6) is -0.529. The standard InChI is InChI=1S/C12H14BrNO5S/c1-18-8-5-9(20-11(8)13)12(17)14-2-3-19-6-7(14)4-10(15)16/h5,7H,2-4,6H2,1H3,(H,15,16). The number of nitrogens with zero attached hydrogens (tertiary/aromatic N) is 1. The second-order valence-electron chi connectivity index (χ2n) is 4.28. The molecule has 0 aromatic carbocycles. The van der Waals surface area contributed by atoms with Gasteiger partial charge in [0.15, 0.2) is 0 Å². The molecule has 1 fully saturated rings. The van der Waals surface area contributed by atoms with Crippen molar-refractivity contribution in [1.29, 1.82) is 0 Å². The Labute approximate surface area is 128 Å². The summed E-state index contributed by atoms with van der Waals surface area (Å²) in [7, 11) is 1.53. The highest BCUT2D eigenvalue weighted by Gasteiger charge is 2.31. The number of morpholine rings is 1. The Kier molecular flexibility index (Phi) is 5.00. The number of amides is 1.